The Morgan fingerprint density at radius 1 is 1.00 bits per heavy atom. The smallest absolute Gasteiger partial charge is 0.253 e. The van der Waals surface area contributed by atoms with E-state index in [-0.39, 0.29) is 36.1 Å². The summed E-state index contributed by atoms with van der Waals surface area (Å²) >= 11 is 5.91. The van der Waals surface area contributed by atoms with Gasteiger partial charge >= 0.3 is 0 Å². The molecule has 0 saturated carbocycles. The number of carbonyl (C=O) groups excluding carboxylic acids is 4. The molecule has 0 unspecified atom stereocenters. The lowest BCUT2D eigenvalue weighted by molar-refractivity contribution is -0.139. The van der Waals surface area contributed by atoms with Gasteiger partial charge in [0.05, 0.1) is 12.5 Å². The molecule has 0 spiro atoms. The Kier molecular flexibility index (Phi) is 8.65. The molecule has 3 rings (SSSR count). The third-order valence-corrected chi connectivity index (χ3v) is 5.92. The van der Waals surface area contributed by atoms with Gasteiger partial charge in [-0.3, -0.25) is 19.2 Å². The summed E-state index contributed by atoms with van der Waals surface area (Å²) in [5.74, 6) is -1.10. The van der Waals surface area contributed by atoms with Crippen LogP contribution in [0.2, 0.25) is 5.02 Å². The minimum absolute atomic E-state index is 0.0790. The van der Waals surface area contributed by atoms with Gasteiger partial charge in [0.2, 0.25) is 17.7 Å². The summed E-state index contributed by atoms with van der Waals surface area (Å²) < 4.78 is 0. The lowest BCUT2D eigenvalue weighted by Gasteiger charge is -2.34. The average molecular weight is 485 g/mol. The van der Waals surface area contributed by atoms with Crippen molar-refractivity contribution in [2.24, 2.45) is 5.92 Å². The van der Waals surface area contributed by atoms with E-state index in [1.807, 2.05) is 6.92 Å². The van der Waals surface area contributed by atoms with Crippen LogP contribution in [-0.4, -0.2) is 59.6 Å². The van der Waals surface area contributed by atoms with Crippen molar-refractivity contribution in [3.05, 3.63) is 59.1 Å². The summed E-state index contributed by atoms with van der Waals surface area (Å²) in [6.45, 7) is 4.47. The molecule has 1 atom stereocenters. The van der Waals surface area contributed by atoms with Crippen molar-refractivity contribution in [2.45, 2.75) is 26.7 Å². The number of benzene rings is 2. The van der Waals surface area contributed by atoms with Gasteiger partial charge in [0.15, 0.2) is 0 Å². The number of rotatable bonds is 7. The highest BCUT2D eigenvalue weighted by Crippen LogP contribution is 2.22. The van der Waals surface area contributed by atoms with Gasteiger partial charge in [-0.15, -0.1) is 0 Å². The maximum Gasteiger partial charge on any atom is 0.253 e. The fourth-order valence-corrected chi connectivity index (χ4v) is 4.08. The van der Waals surface area contributed by atoms with E-state index in [9.17, 15) is 19.2 Å². The Bertz CT molecular complexity index is 1040. The number of piperidine rings is 1. The first kappa shape index (κ1) is 25.2. The SMILES string of the molecule is CCN(CC(=O)Nc1ccc(NC(C)=O)cc1)C(=O)[C@@H]1CCCN(C(=O)c2ccc(Cl)cc2)C1. The average Bonchev–Trinajstić information content (AvgIpc) is 2.83. The van der Waals surface area contributed by atoms with Gasteiger partial charge < -0.3 is 20.4 Å². The number of likely N-dealkylation sites (tertiary alicyclic amines) is 1. The standard InChI is InChI=1S/C25H29ClN4O4/c1-3-29(16-23(32)28-22-12-10-21(11-13-22)27-17(2)31)25(34)19-5-4-14-30(15-19)24(33)18-6-8-20(26)9-7-18/h6-13,19H,3-5,14-16H2,1-2H3,(H,27,31)(H,28,32)/t19-/m1/s1. The molecule has 1 aliphatic rings. The van der Waals surface area contributed by atoms with E-state index >= 15 is 0 Å². The van der Waals surface area contributed by atoms with E-state index in [4.69, 9.17) is 11.6 Å². The Morgan fingerprint density at radius 2 is 1.62 bits per heavy atom. The van der Waals surface area contributed by atoms with Crippen molar-refractivity contribution in [2.75, 3.05) is 36.8 Å². The van der Waals surface area contributed by atoms with E-state index in [1.165, 1.54) is 11.8 Å². The fraction of sp³-hybridized carbons (Fsp3) is 0.360. The second-order valence-corrected chi connectivity index (χ2v) is 8.69. The number of hydrogen-bond acceptors (Lipinski definition) is 4. The molecule has 34 heavy (non-hydrogen) atoms. The van der Waals surface area contributed by atoms with Crippen LogP contribution < -0.4 is 10.6 Å². The van der Waals surface area contributed by atoms with Crippen LogP contribution in [0, 0.1) is 5.92 Å². The molecule has 0 radical (unpaired) electrons. The third kappa shape index (κ3) is 6.81. The first-order valence-corrected chi connectivity index (χ1v) is 11.7. The number of likely N-dealkylation sites (N-methyl/N-ethyl adjacent to an activating group) is 1. The first-order chi connectivity index (χ1) is 16.3. The Labute approximate surface area is 204 Å². The molecule has 1 heterocycles. The summed E-state index contributed by atoms with van der Waals surface area (Å²) in [7, 11) is 0. The van der Waals surface area contributed by atoms with Gasteiger partial charge in [-0.05, 0) is 68.3 Å². The molecule has 1 saturated heterocycles. The van der Waals surface area contributed by atoms with Gasteiger partial charge in [-0.25, -0.2) is 0 Å². The zero-order valence-electron chi connectivity index (χ0n) is 19.3. The van der Waals surface area contributed by atoms with E-state index in [0.717, 1.165) is 6.42 Å². The van der Waals surface area contributed by atoms with E-state index in [2.05, 4.69) is 10.6 Å². The van der Waals surface area contributed by atoms with Crippen molar-refractivity contribution in [3.63, 3.8) is 0 Å². The summed E-state index contributed by atoms with van der Waals surface area (Å²) in [5, 5.41) is 6.00. The zero-order chi connectivity index (χ0) is 24.7. The number of nitrogens with one attached hydrogen (secondary N) is 2. The third-order valence-electron chi connectivity index (χ3n) is 5.67. The van der Waals surface area contributed by atoms with Gasteiger partial charge in [-0.1, -0.05) is 11.6 Å². The number of carbonyl (C=O) groups is 4. The maximum atomic E-state index is 13.2. The Balaban J connectivity index is 1.57. The number of anilines is 2. The highest BCUT2D eigenvalue weighted by molar-refractivity contribution is 6.30. The molecule has 0 aliphatic carbocycles. The highest BCUT2D eigenvalue weighted by atomic mass is 35.5. The van der Waals surface area contributed by atoms with Crippen LogP contribution in [0.1, 0.15) is 37.0 Å². The predicted octanol–water partition coefficient (Wildman–Crippen LogP) is 3.64. The molecular formula is C25H29ClN4O4. The molecule has 1 aliphatic heterocycles. The van der Waals surface area contributed by atoms with Gasteiger partial charge in [0.1, 0.15) is 0 Å². The van der Waals surface area contributed by atoms with Crippen molar-refractivity contribution in [1.82, 2.24) is 9.80 Å². The predicted molar refractivity (Wildman–Crippen MR) is 132 cm³/mol. The second kappa shape index (κ2) is 11.7. The zero-order valence-corrected chi connectivity index (χ0v) is 20.1. The summed E-state index contributed by atoms with van der Waals surface area (Å²) in [5.41, 5.74) is 1.74. The Morgan fingerprint density at radius 3 is 2.21 bits per heavy atom. The quantitative estimate of drug-likeness (QED) is 0.626. The molecule has 8 nitrogen and oxygen atoms in total. The largest absolute Gasteiger partial charge is 0.338 e. The number of amides is 4. The number of halogens is 1. The first-order valence-electron chi connectivity index (χ1n) is 11.3. The summed E-state index contributed by atoms with van der Waals surface area (Å²) in [6, 6.07) is 13.5. The van der Waals surface area contributed by atoms with Crippen molar-refractivity contribution in [3.8, 4) is 0 Å². The van der Waals surface area contributed by atoms with Crippen molar-refractivity contribution < 1.29 is 19.2 Å². The van der Waals surface area contributed by atoms with Crippen LogP contribution in [0.5, 0.6) is 0 Å². The van der Waals surface area contributed by atoms with E-state index in [0.29, 0.717) is 48.0 Å². The van der Waals surface area contributed by atoms with E-state index in [1.54, 1.807) is 53.4 Å². The molecule has 2 aromatic carbocycles. The van der Waals surface area contributed by atoms with Gasteiger partial charge in [-0.2, -0.15) is 0 Å². The molecular weight excluding hydrogens is 456 g/mol. The minimum atomic E-state index is -0.352. The van der Waals surface area contributed by atoms with Gasteiger partial charge in [0, 0.05) is 48.5 Å². The minimum Gasteiger partial charge on any atom is -0.338 e. The monoisotopic (exact) mass is 484 g/mol. The Hall–Kier alpha value is -3.39. The van der Waals surface area contributed by atoms with Crippen molar-refractivity contribution >= 4 is 46.6 Å². The second-order valence-electron chi connectivity index (χ2n) is 8.26. The molecule has 9 heteroatoms. The lowest BCUT2D eigenvalue weighted by Crippen LogP contribution is -2.48. The van der Waals surface area contributed by atoms with Gasteiger partial charge in [0.25, 0.3) is 5.91 Å². The molecule has 4 amide bonds. The molecule has 0 bridgehead atoms. The lowest BCUT2D eigenvalue weighted by atomic mass is 9.95. The topological polar surface area (TPSA) is 98.8 Å². The van der Waals surface area contributed by atoms with Crippen LogP contribution in [0.15, 0.2) is 48.5 Å². The molecule has 2 N–H and O–H groups in total. The fourth-order valence-electron chi connectivity index (χ4n) is 3.96. The number of hydrogen-bond donors (Lipinski definition) is 2. The summed E-state index contributed by atoms with van der Waals surface area (Å²) in [6.07, 6.45) is 1.39. The molecule has 2 aromatic rings. The van der Waals surface area contributed by atoms with Crippen LogP contribution in [-0.2, 0) is 14.4 Å². The highest BCUT2D eigenvalue weighted by Gasteiger charge is 2.31. The number of nitrogens with zero attached hydrogens (tertiary/aromatic N) is 2. The van der Waals surface area contributed by atoms with Crippen molar-refractivity contribution in [1.29, 1.82) is 0 Å². The normalized spacial score (nSPS) is 15.4. The van der Waals surface area contributed by atoms with Crippen LogP contribution in [0.4, 0.5) is 11.4 Å². The maximum absolute atomic E-state index is 13.2. The summed E-state index contributed by atoms with van der Waals surface area (Å²) in [4.78, 5) is 52.9. The molecule has 180 valence electrons. The molecule has 0 aromatic heterocycles. The molecule has 1 fully saturated rings. The van der Waals surface area contributed by atoms with Crippen LogP contribution in [0.3, 0.4) is 0 Å². The van der Waals surface area contributed by atoms with E-state index < -0.39 is 0 Å². The van der Waals surface area contributed by atoms with Crippen LogP contribution >= 0.6 is 11.6 Å². The van der Waals surface area contributed by atoms with Crippen LogP contribution in [0.25, 0.3) is 0 Å².